The smallest absolute Gasteiger partial charge is 0.104 e. The van der Waals surface area contributed by atoms with Gasteiger partial charge in [0.1, 0.15) is 5.03 Å². The molecule has 1 N–H and O–H groups in total. The molecule has 98 valence electrons. The zero-order valence-corrected chi connectivity index (χ0v) is 12.2. The fourth-order valence-electron chi connectivity index (χ4n) is 2.81. The third-order valence-corrected chi connectivity index (χ3v) is 4.46. The van der Waals surface area contributed by atoms with Gasteiger partial charge in [0.2, 0.25) is 0 Å². The monoisotopic (exact) mass is 278 g/mol. The third-order valence-electron chi connectivity index (χ3n) is 3.76. The Kier molecular flexibility index (Phi) is 2.51. The maximum absolute atomic E-state index is 4.88. The highest BCUT2D eigenvalue weighted by atomic mass is 32.2. The highest BCUT2D eigenvalue weighted by molar-refractivity contribution is 7.98. The van der Waals surface area contributed by atoms with Crippen molar-refractivity contribution in [3.63, 3.8) is 0 Å². The number of thioether (sulfide) groups is 1. The van der Waals surface area contributed by atoms with E-state index in [1.165, 1.54) is 21.7 Å². The standard InChI is InChI=1S/C17H14N2S/c1-10-7-8-14-13(9-10)16-15(18-14)11-5-3-4-6-12(11)17(19-16)20-2/h3-9,18H,1-2H3. The lowest BCUT2D eigenvalue weighted by Crippen LogP contribution is -1.85. The van der Waals surface area contributed by atoms with Crippen LogP contribution in [0.5, 0.6) is 0 Å². The van der Waals surface area contributed by atoms with Crippen LogP contribution in [0.4, 0.5) is 0 Å². The Labute approximate surface area is 121 Å². The Balaban J connectivity index is 2.29. The van der Waals surface area contributed by atoms with E-state index >= 15 is 0 Å². The van der Waals surface area contributed by atoms with Gasteiger partial charge in [-0.3, -0.25) is 0 Å². The lowest BCUT2D eigenvalue weighted by atomic mass is 10.1. The predicted octanol–water partition coefficient (Wildman–Crippen LogP) is 4.90. The molecule has 3 heteroatoms. The zero-order chi connectivity index (χ0) is 13.7. The first-order valence-electron chi connectivity index (χ1n) is 6.62. The van der Waals surface area contributed by atoms with E-state index < -0.39 is 0 Å². The summed E-state index contributed by atoms with van der Waals surface area (Å²) in [7, 11) is 0. The molecule has 0 unspecified atom stereocenters. The van der Waals surface area contributed by atoms with Crippen molar-refractivity contribution in [3.05, 3.63) is 48.0 Å². The fraction of sp³-hybridized carbons (Fsp3) is 0.118. The number of fused-ring (bicyclic) bond motifs is 5. The van der Waals surface area contributed by atoms with Crippen molar-refractivity contribution in [3.8, 4) is 0 Å². The van der Waals surface area contributed by atoms with Crippen LogP contribution in [0.25, 0.3) is 32.7 Å². The molecule has 0 amide bonds. The number of rotatable bonds is 1. The lowest BCUT2D eigenvalue weighted by Gasteiger charge is -2.04. The third kappa shape index (κ3) is 1.56. The van der Waals surface area contributed by atoms with Crippen molar-refractivity contribution < 1.29 is 0 Å². The molecule has 2 aromatic carbocycles. The number of benzene rings is 2. The minimum absolute atomic E-state index is 1.08. The van der Waals surface area contributed by atoms with E-state index in [1.807, 2.05) is 0 Å². The molecule has 0 saturated heterocycles. The summed E-state index contributed by atoms with van der Waals surface area (Å²) in [6.07, 6.45) is 2.08. The van der Waals surface area contributed by atoms with Crippen LogP contribution in [0, 0.1) is 6.92 Å². The predicted molar refractivity (Wildman–Crippen MR) is 87.6 cm³/mol. The number of hydrogen-bond acceptors (Lipinski definition) is 2. The minimum Gasteiger partial charge on any atom is -0.353 e. The van der Waals surface area contributed by atoms with E-state index in [0.717, 1.165) is 21.6 Å². The van der Waals surface area contributed by atoms with Crippen LogP contribution in [-0.2, 0) is 0 Å². The first kappa shape index (κ1) is 11.8. The molecule has 0 saturated carbocycles. The number of hydrogen-bond donors (Lipinski definition) is 1. The molecule has 0 radical (unpaired) electrons. The summed E-state index contributed by atoms with van der Waals surface area (Å²) < 4.78 is 0. The summed E-state index contributed by atoms with van der Waals surface area (Å²) in [5.41, 5.74) is 4.63. The van der Waals surface area contributed by atoms with Gasteiger partial charge in [-0.15, -0.1) is 11.8 Å². The minimum atomic E-state index is 1.08. The molecule has 0 bridgehead atoms. The molecular weight excluding hydrogens is 264 g/mol. The molecule has 20 heavy (non-hydrogen) atoms. The van der Waals surface area contributed by atoms with Crippen molar-refractivity contribution in [2.75, 3.05) is 6.26 Å². The maximum Gasteiger partial charge on any atom is 0.104 e. The molecular formula is C17H14N2S. The average Bonchev–Trinajstić information content (AvgIpc) is 2.84. The summed E-state index contributed by atoms with van der Waals surface area (Å²) in [6.45, 7) is 2.12. The fourth-order valence-corrected chi connectivity index (χ4v) is 3.39. The molecule has 2 aromatic heterocycles. The van der Waals surface area contributed by atoms with Crippen LogP contribution < -0.4 is 0 Å². The van der Waals surface area contributed by atoms with E-state index in [2.05, 4.69) is 60.6 Å². The van der Waals surface area contributed by atoms with E-state index in [-0.39, 0.29) is 0 Å². The van der Waals surface area contributed by atoms with Gasteiger partial charge in [0.05, 0.1) is 11.0 Å². The molecule has 4 rings (SSSR count). The molecule has 0 aliphatic carbocycles. The van der Waals surface area contributed by atoms with Gasteiger partial charge in [-0.1, -0.05) is 35.9 Å². The Morgan fingerprint density at radius 3 is 2.60 bits per heavy atom. The molecule has 0 atom stereocenters. The number of nitrogens with one attached hydrogen (secondary N) is 1. The van der Waals surface area contributed by atoms with E-state index in [1.54, 1.807) is 11.8 Å². The van der Waals surface area contributed by atoms with Gasteiger partial charge in [-0.2, -0.15) is 0 Å². The van der Waals surface area contributed by atoms with Gasteiger partial charge in [0.15, 0.2) is 0 Å². The number of pyridine rings is 1. The highest BCUT2D eigenvalue weighted by Gasteiger charge is 2.12. The molecule has 2 nitrogen and oxygen atoms in total. The number of aromatic nitrogens is 2. The number of aromatic amines is 1. The van der Waals surface area contributed by atoms with Crippen molar-refractivity contribution in [1.29, 1.82) is 0 Å². The van der Waals surface area contributed by atoms with Crippen molar-refractivity contribution >= 4 is 44.5 Å². The zero-order valence-electron chi connectivity index (χ0n) is 11.4. The first-order chi connectivity index (χ1) is 9.78. The van der Waals surface area contributed by atoms with Gasteiger partial charge in [-0.25, -0.2) is 4.98 Å². The molecule has 0 fully saturated rings. The van der Waals surface area contributed by atoms with Crippen LogP contribution in [0.3, 0.4) is 0 Å². The van der Waals surface area contributed by atoms with Crippen LogP contribution in [0.2, 0.25) is 0 Å². The second-order valence-electron chi connectivity index (χ2n) is 5.06. The van der Waals surface area contributed by atoms with Crippen molar-refractivity contribution in [2.24, 2.45) is 0 Å². The summed E-state index contributed by atoms with van der Waals surface area (Å²) >= 11 is 1.70. The number of aryl methyl sites for hydroxylation is 1. The van der Waals surface area contributed by atoms with Crippen molar-refractivity contribution in [2.45, 2.75) is 11.9 Å². The summed E-state index contributed by atoms with van der Waals surface area (Å²) in [5, 5.41) is 4.77. The van der Waals surface area contributed by atoms with Crippen LogP contribution in [-0.4, -0.2) is 16.2 Å². The van der Waals surface area contributed by atoms with Gasteiger partial charge in [0.25, 0.3) is 0 Å². The van der Waals surface area contributed by atoms with E-state index in [0.29, 0.717) is 0 Å². The second kappa shape index (κ2) is 4.25. The Morgan fingerprint density at radius 1 is 1.00 bits per heavy atom. The van der Waals surface area contributed by atoms with Crippen LogP contribution >= 0.6 is 11.8 Å². The van der Waals surface area contributed by atoms with Crippen LogP contribution in [0.15, 0.2) is 47.5 Å². The van der Waals surface area contributed by atoms with Gasteiger partial charge < -0.3 is 4.98 Å². The largest absolute Gasteiger partial charge is 0.353 e. The average molecular weight is 278 g/mol. The normalized spacial score (nSPS) is 11.7. The lowest BCUT2D eigenvalue weighted by molar-refractivity contribution is 1.24. The van der Waals surface area contributed by atoms with Gasteiger partial charge in [-0.05, 0) is 25.3 Å². The highest BCUT2D eigenvalue weighted by Crippen LogP contribution is 2.34. The molecule has 2 heterocycles. The summed E-state index contributed by atoms with van der Waals surface area (Å²) in [6, 6.07) is 15.0. The quantitative estimate of drug-likeness (QED) is 0.502. The van der Waals surface area contributed by atoms with Crippen molar-refractivity contribution in [1.82, 2.24) is 9.97 Å². The summed E-state index contributed by atoms with van der Waals surface area (Å²) in [5.74, 6) is 0. The Morgan fingerprint density at radius 2 is 1.80 bits per heavy atom. The van der Waals surface area contributed by atoms with E-state index in [4.69, 9.17) is 4.98 Å². The Hall–Kier alpha value is -2.00. The topological polar surface area (TPSA) is 28.7 Å². The van der Waals surface area contributed by atoms with Gasteiger partial charge >= 0.3 is 0 Å². The molecule has 0 aliphatic rings. The van der Waals surface area contributed by atoms with E-state index in [9.17, 15) is 0 Å². The summed E-state index contributed by atoms with van der Waals surface area (Å²) in [4.78, 5) is 8.41. The molecule has 0 spiro atoms. The number of nitrogens with zero attached hydrogens (tertiary/aromatic N) is 1. The molecule has 4 aromatic rings. The van der Waals surface area contributed by atoms with Gasteiger partial charge in [0, 0.05) is 21.7 Å². The number of H-pyrrole nitrogens is 1. The Bertz CT molecular complexity index is 953. The maximum atomic E-state index is 4.88. The molecule has 0 aliphatic heterocycles. The first-order valence-corrected chi connectivity index (χ1v) is 7.85. The SMILES string of the molecule is CSc1nc2c3cc(C)ccc3[nH]c2c2ccccc12. The van der Waals surface area contributed by atoms with Crippen LogP contribution in [0.1, 0.15) is 5.56 Å². The second-order valence-corrected chi connectivity index (χ2v) is 5.86.